The Labute approximate surface area is 176 Å². The fourth-order valence-electron chi connectivity index (χ4n) is 3.15. The Balaban J connectivity index is 1.54. The number of para-hydroxylation sites is 1. The van der Waals surface area contributed by atoms with Gasteiger partial charge in [0, 0.05) is 17.1 Å². The second-order valence-corrected chi connectivity index (χ2v) is 7.59. The molecule has 1 aliphatic rings. The number of anilines is 1. The summed E-state index contributed by atoms with van der Waals surface area (Å²) in [7, 11) is 0. The van der Waals surface area contributed by atoms with Crippen LogP contribution in [0.15, 0.2) is 47.0 Å². The number of carbonyl (C=O) groups excluding carboxylic acids is 1. The van der Waals surface area contributed by atoms with E-state index in [9.17, 15) is 4.79 Å². The van der Waals surface area contributed by atoms with Gasteiger partial charge in [-0.2, -0.15) is 4.98 Å². The molecule has 0 radical (unpaired) electrons. The summed E-state index contributed by atoms with van der Waals surface area (Å²) in [5, 5.41) is 8.20. The lowest BCUT2D eigenvalue weighted by Gasteiger charge is -2.22. The Morgan fingerprint density at radius 2 is 1.82 bits per heavy atom. The van der Waals surface area contributed by atoms with E-state index in [-0.39, 0.29) is 12.1 Å². The standard InChI is InChI=1S/C19H15Cl3N4O2/c20-12-8-6-11(7-9-12)17-24-18(28-25-17)15-5-2-10-26(15)19(27)23-16-13(21)3-1-4-14(16)22/h1,3-4,6-9,15H,2,5,10H2,(H,23,27). The molecule has 144 valence electrons. The van der Waals surface area contributed by atoms with Crippen molar-refractivity contribution in [2.45, 2.75) is 18.9 Å². The third kappa shape index (κ3) is 3.81. The van der Waals surface area contributed by atoms with Crippen LogP contribution in [0.2, 0.25) is 15.1 Å². The van der Waals surface area contributed by atoms with E-state index in [1.165, 1.54) is 0 Å². The van der Waals surface area contributed by atoms with Crippen molar-refractivity contribution in [3.05, 3.63) is 63.4 Å². The fraction of sp³-hybridized carbons (Fsp3) is 0.211. The van der Waals surface area contributed by atoms with Gasteiger partial charge in [0.2, 0.25) is 11.7 Å². The van der Waals surface area contributed by atoms with Crippen LogP contribution in [0.25, 0.3) is 11.4 Å². The van der Waals surface area contributed by atoms with Crippen LogP contribution in [0.1, 0.15) is 24.8 Å². The number of hydrogen-bond acceptors (Lipinski definition) is 4. The predicted molar refractivity (Wildman–Crippen MR) is 109 cm³/mol. The molecule has 28 heavy (non-hydrogen) atoms. The minimum atomic E-state index is -0.316. The largest absolute Gasteiger partial charge is 0.337 e. The summed E-state index contributed by atoms with van der Waals surface area (Å²) in [5.74, 6) is 0.843. The van der Waals surface area contributed by atoms with E-state index >= 15 is 0 Å². The number of hydrogen-bond donors (Lipinski definition) is 1. The van der Waals surface area contributed by atoms with Crippen molar-refractivity contribution >= 4 is 46.5 Å². The number of benzene rings is 2. The van der Waals surface area contributed by atoms with E-state index < -0.39 is 0 Å². The lowest BCUT2D eigenvalue weighted by atomic mass is 10.2. The molecule has 1 aromatic heterocycles. The average Bonchev–Trinajstić information content (AvgIpc) is 3.34. The van der Waals surface area contributed by atoms with E-state index in [0.29, 0.717) is 39.0 Å². The fourth-order valence-corrected chi connectivity index (χ4v) is 3.77. The minimum Gasteiger partial charge on any atom is -0.337 e. The number of aromatic nitrogens is 2. The molecule has 1 fully saturated rings. The van der Waals surface area contributed by atoms with E-state index in [1.54, 1.807) is 35.2 Å². The van der Waals surface area contributed by atoms with Gasteiger partial charge in [-0.15, -0.1) is 0 Å². The molecule has 1 unspecified atom stereocenters. The molecule has 9 heteroatoms. The maximum atomic E-state index is 12.8. The van der Waals surface area contributed by atoms with E-state index in [2.05, 4.69) is 15.5 Å². The zero-order valence-corrected chi connectivity index (χ0v) is 16.8. The van der Waals surface area contributed by atoms with Crippen molar-refractivity contribution in [1.82, 2.24) is 15.0 Å². The van der Waals surface area contributed by atoms with Gasteiger partial charge in [-0.1, -0.05) is 46.0 Å². The second-order valence-electron chi connectivity index (χ2n) is 6.34. The summed E-state index contributed by atoms with van der Waals surface area (Å²) in [5.41, 5.74) is 1.17. The zero-order valence-electron chi connectivity index (χ0n) is 14.5. The first-order chi connectivity index (χ1) is 13.5. The van der Waals surface area contributed by atoms with Crippen molar-refractivity contribution in [2.75, 3.05) is 11.9 Å². The second kappa shape index (κ2) is 7.99. The molecule has 1 saturated heterocycles. The van der Waals surface area contributed by atoms with Crippen LogP contribution in [-0.2, 0) is 0 Å². The number of halogens is 3. The van der Waals surface area contributed by atoms with Crippen molar-refractivity contribution < 1.29 is 9.32 Å². The highest BCUT2D eigenvalue weighted by atomic mass is 35.5. The number of amides is 2. The number of urea groups is 1. The molecule has 0 saturated carbocycles. The summed E-state index contributed by atoms with van der Waals surface area (Å²) in [6.45, 7) is 0.567. The average molecular weight is 438 g/mol. The van der Waals surface area contributed by atoms with Crippen LogP contribution in [0.5, 0.6) is 0 Å². The summed E-state index contributed by atoms with van der Waals surface area (Å²) in [4.78, 5) is 18.9. The Morgan fingerprint density at radius 3 is 2.54 bits per heavy atom. The van der Waals surface area contributed by atoms with E-state index in [4.69, 9.17) is 39.3 Å². The number of nitrogens with one attached hydrogen (secondary N) is 1. The molecule has 3 aromatic rings. The maximum Gasteiger partial charge on any atom is 0.322 e. The predicted octanol–water partition coefficient (Wildman–Crippen LogP) is 6.07. The highest BCUT2D eigenvalue weighted by Crippen LogP contribution is 2.35. The summed E-state index contributed by atoms with van der Waals surface area (Å²) in [6.07, 6.45) is 1.55. The third-order valence-electron chi connectivity index (χ3n) is 4.54. The molecule has 1 N–H and O–H groups in total. The first-order valence-corrected chi connectivity index (χ1v) is 9.77. The van der Waals surface area contributed by atoms with Gasteiger partial charge in [-0.3, -0.25) is 0 Å². The number of nitrogens with zero attached hydrogens (tertiary/aromatic N) is 3. The van der Waals surface area contributed by atoms with Crippen LogP contribution in [0.3, 0.4) is 0 Å². The maximum absolute atomic E-state index is 12.8. The van der Waals surface area contributed by atoms with E-state index in [1.807, 2.05) is 12.1 Å². The highest BCUT2D eigenvalue weighted by molar-refractivity contribution is 6.39. The van der Waals surface area contributed by atoms with Crippen LogP contribution in [0.4, 0.5) is 10.5 Å². The van der Waals surface area contributed by atoms with Crippen molar-refractivity contribution in [3.63, 3.8) is 0 Å². The summed E-state index contributed by atoms with van der Waals surface area (Å²) >= 11 is 18.2. The zero-order chi connectivity index (χ0) is 19.7. The van der Waals surface area contributed by atoms with Gasteiger partial charge >= 0.3 is 6.03 Å². The van der Waals surface area contributed by atoms with Crippen LogP contribution >= 0.6 is 34.8 Å². The van der Waals surface area contributed by atoms with Gasteiger partial charge < -0.3 is 14.7 Å². The molecule has 2 amide bonds. The SMILES string of the molecule is O=C(Nc1c(Cl)cccc1Cl)N1CCCC1c1nc(-c2ccc(Cl)cc2)no1. The summed E-state index contributed by atoms with van der Waals surface area (Å²) in [6, 6.07) is 11.6. The molecule has 4 rings (SSSR count). The van der Waals surface area contributed by atoms with Gasteiger partial charge in [-0.25, -0.2) is 4.79 Å². The molecular formula is C19H15Cl3N4O2. The normalized spacial score (nSPS) is 16.4. The molecule has 1 aliphatic heterocycles. The topological polar surface area (TPSA) is 71.3 Å². The minimum absolute atomic E-state index is 0.310. The van der Waals surface area contributed by atoms with Crippen LogP contribution in [0, 0.1) is 0 Å². The van der Waals surface area contributed by atoms with Crippen molar-refractivity contribution in [3.8, 4) is 11.4 Å². The molecule has 0 bridgehead atoms. The number of carbonyl (C=O) groups is 1. The lowest BCUT2D eigenvalue weighted by Crippen LogP contribution is -2.34. The summed E-state index contributed by atoms with van der Waals surface area (Å²) < 4.78 is 5.44. The molecule has 0 spiro atoms. The molecular weight excluding hydrogens is 423 g/mol. The smallest absolute Gasteiger partial charge is 0.322 e. The Kier molecular flexibility index (Phi) is 5.44. The van der Waals surface area contributed by atoms with Crippen LogP contribution < -0.4 is 5.32 Å². The van der Waals surface area contributed by atoms with Gasteiger partial charge in [-0.05, 0) is 49.2 Å². The molecule has 0 aliphatic carbocycles. The van der Waals surface area contributed by atoms with Crippen molar-refractivity contribution in [1.29, 1.82) is 0 Å². The Morgan fingerprint density at radius 1 is 1.11 bits per heavy atom. The first-order valence-electron chi connectivity index (χ1n) is 8.64. The van der Waals surface area contributed by atoms with Crippen molar-refractivity contribution in [2.24, 2.45) is 0 Å². The van der Waals surface area contributed by atoms with Gasteiger partial charge in [0.05, 0.1) is 15.7 Å². The Bertz CT molecular complexity index is 986. The van der Waals surface area contributed by atoms with Crippen LogP contribution in [-0.4, -0.2) is 27.6 Å². The highest BCUT2D eigenvalue weighted by Gasteiger charge is 2.34. The molecule has 2 heterocycles. The first kappa shape index (κ1) is 19.1. The molecule has 1 atom stereocenters. The van der Waals surface area contributed by atoms with Gasteiger partial charge in [0.25, 0.3) is 0 Å². The van der Waals surface area contributed by atoms with Gasteiger partial charge in [0.15, 0.2) is 0 Å². The van der Waals surface area contributed by atoms with E-state index in [0.717, 1.165) is 18.4 Å². The monoisotopic (exact) mass is 436 g/mol. The molecule has 2 aromatic carbocycles. The lowest BCUT2D eigenvalue weighted by molar-refractivity contribution is 0.193. The number of rotatable bonds is 3. The van der Waals surface area contributed by atoms with Gasteiger partial charge in [0.1, 0.15) is 6.04 Å². The third-order valence-corrected chi connectivity index (χ3v) is 5.42. The quantitative estimate of drug-likeness (QED) is 0.540. The molecule has 6 nitrogen and oxygen atoms in total. The Hall–Kier alpha value is -2.28. The number of likely N-dealkylation sites (tertiary alicyclic amines) is 1.